The summed E-state index contributed by atoms with van der Waals surface area (Å²) in [5.41, 5.74) is 4.33. The Labute approximate surface area is 178 Å². The van der Waals surface area contributed by atoms with E-state index < -0.39 is 5.91 Å². The molecular weight excluding hydrogens is 380 g/mol. The fraction of sp³-hybridized carbons (Fsp3) is 0.417. The van der Waals surface area contributed by atoms with E-state index in [1.165, 1.54) is 25.0 Å². The number of hydrogen-bond acceptors (Lipinski definition) is 5. The van der Waals surface area contributed by atoms with Crippen LogP contribution in [0.1, 0.15) is 52.2 Å². The first-order valence-electron chi connectivity index (χ1n) is 9.92. The van der Waals surface area contributed by atoms with E-state index in [0.29, 0.717) is 17.1 Å². The normalized spacial score (nSPS) is 12.1. The zero-order valence-electron chi connectivity index (χ0n) is 18.7. The highest BCUT2D eigenvalue weighted by atomic mass is 16.5. The van der Waals surface area contributed by atoms with Crippen LogP contribution in [0.2, 0.25) is 0 Å². The number of benzene rings is 2. The first-order valence-corrected chi connectivity index (χ1v) is 9.92. The van der Waals surface area contributed by atoms with Crippen molar-refractivity contribution in [3.05, 3.63) is 53.6 Å². The first-order chi connectivity index (χ1) is 14.0. The minimum Gasteiger partial charge on any atom is -0.507 e. The van der Waals surface area contributed by atoms with Crippen LogP contribution < -0.4 is 14.9 Å². The maximum atomic E-state index is 12.0. The Hall–Kier alpha value is -3.02. The minimum atomic E-state index is -0.397. The SMILES string of the molecule is COc1ccc(O)c(C=NNC(=O)COc2ccc(C(C)(C)CC(C)(C)C)cc2)c1. The molecule has 2 aromatic rings. The van der Waals surface area contributed by atoms with Gasteiger partial charge in [0, 0.05) is 5.56 Å². The molecule has 6 heteroatoms. The molecule has 2 aromatic carbocycles. The van der Waals surface area contributed by atoms with E-state index in [1.807, 2.05) is 24.3 Å². The first kappa shape index (κ1) is 23.3. The number of aromatic hydroxyl groups is 1. The van der Waals surface area contributed by atoms with E-state index in [1.54, 1.807) is 12.1 Å². The number of methoxy groups -OCH3 is 1. The van der Waals surface area contributed by atoms with Crippen LogP contribution in [-0.4, -0.2) is 30.9 Å². The van der Waals surface area contributed by atoms with E-state index in [9.17, 15) is 9.90 Å². The molecule has 0 saturated heterocycles. The molecule has 0 aromatic heterocycles. The summed E-state index contributed by atoms with van der Waals surface area (Å²) in [6, 6.07) is 12.6. The lowest BCUT2D eigenvalue weighted by Gasteiger charge is -2.33. The van der Waals surface area contributed by atoms with Crippen LogP contribution in [0.25, 0.3) is 0 Å². The summed E-state index contributed by atoms with van der Waals surface area (Å²) in [5.74, 6) is 0.846. The van der Waals surface area contributed by atoms with Gasteiger partial charge in [-0.1, -0.05) is 46.8 Å². The van der Waals surface area contributed by atoms with Crippen LogP contribution in [0.4, 0.5) is 0 Å². The lowest BCUT2D eigenvalue weighted by Crippen LogP contribution is -2.25. The van der Waals surface area contributed by atoms with Gasteiger partial charge in [-0.15, -0.1) is 0 Å². The van der Waals surface area contributed by atoms with Crippen molar-refractivity contribution in [1.82, 2.24) is 5.43 Å². The number of carbonyl (C=O) groups is 1. The Morgan fingerprint density at radius 3 is 2.30 bits per heavy atom. The predicted molar refractivity (Wildman–Crippen MR) is 119 cm³/mol. The van der Waals surface area contributed by atoms with Crippen LogP contribution in [-0.2, 0) is 10.2 Å². The van der Waals surface area contributed by atoms with E-state index in [-0.39, 0.29) is 23.2 Å². The van der Waals surface area contributed by atoms with Gasteiger partial charge < -0.3 is 14.6 Å². The van der Waals surface area contributed by atoms with Gasteiger partial charge in [0.05, 0.1) is 13.3 Å². The maximum absolute atomic E-state index is 12.0. The van der Waals surface area contributed by atoms with Crippen LogP contribution in [0, 0.1) is 5.41 Å². The van der Waals surface area contributed by atoms with Crippen molar-refractivity contribution >= 4 is 12.1 Å². The molecule has 6 nitrogen and oxygen atoms in total. The van der Waals surface area contributed by atoms with E-state index in [0.717, 1.165) is 6.42 Å². The molecular formula is C24H32N2O4. The van der Waals surface area contributed by atoms with Gasteiger partial charge in [-0.05, 0) is 53.1 Å². The lowest BCUT2D eigenvalue weighted by molar-refractivity contribution is -0.123. The summed E-state index contributed by atoms with van der Waals surface area (Å²) >= 11 is 0. The number of phenolic OH excluding ortho intramolecular Hbond substituents is 1. The number of amides is 1. The molecule has 0 aliphatic heterocycles. The molecule has 0 aliphatic rings. The average Bonchev–Trinajstić information content (AvgIpc) is 2.66. The molecule has 0 atom stereocenters. The highest BCUT2D eigenvalue weighted by molar-refractivity contribution is 5.85. The van der Waals surface area contributed by atoms with Crippen LogP contribution in [0.15, 0.2) is 47.6 Å². The second-order valence-corrected chi connectivity index (χ2v) is 9.15. The second kappa shape index (κ2) is 9.65. The molecule has 30 heavy (non-hydrogen) atoms. The molecule has 2 rings (SSSR count). The van der Waals surface area contributed by atoms with E-state index in [4.69, 9.17) is 9.47 Å². The highest BCUT2D eigenvalue weighted by Crippen LogP contribution is 2.36. The third-order valence-corrected chi connectivity index (χ3v) is 4.61. The van der Waals surface area contributed by atoms with Gasteiger partial charge in [0.1, 0.15) is 17.2 Å². The van der Waals surface area contributed by atoms with Gasteiger partial charge >= 0.3 is 0 Å². The molecule has 0 aliphatic carbocycles. The third kappa shape index (κ3) is 7.10. The molecule has 0 saturated carbocycles. The molecule has 1 amide bonds. The van der Waals surface area contributed by atoms with Crippen LogP contribution in [0.5, 0.6) is 17.2 Å². The molecule has 2 N–H and O–H groups in total. The van der Waals surface area contributed by atoms with Crippen molar-refractivity contribution in [1.29, 1.82) is 0 Å². The van der Waals surface area contributed by atoms with Gasteiger partial charge in [-0.2, -0.15) is 5.10 Å². The smallest absolute Gasteiger partial charge is 0.277 e. The van der Waals surface area contributed by atoms with Crippen molar-refractivity contribution in [2.24, 2.45) is 10.5 Å². The fourth-order valence-corrected chi connectivity index (χ4v) is 3.55. The Kier molecular flexibility index (Phi) is 7.48. The average molecular weight is 413 g/mol. The summed E-state index contributed by atoms with van der Waals surface area (Å²) in [7, 11) is 1.53. The van der Waals surface area contributed by atoms with Crippen molar-refractivity contribution in [2.45, 2.75) is 46.5 Å². The molecule has 0 heterocycles. The summed E-state index contributed by atoms with van der Waals surface area (Å²) in [5, 5.41) is 13.7. The summed E-state index contributed by atoms with van der Waals surface area (Å²) in [6.45, 7) is 11.0. The Morgan fingerprint density at radius 2 is 1.70 bits per heavy atom. The topological polar surface area (TPSA) is 80.2 Å². The Bertz CT molecular complexity index is 881. The standard InChI is InChI=1S/C24H32N2O4/c1-23(2,3)16-24(4,5)18-7-9-19(10-8-18)30-15-22(28)26-25-14-17-13-20(29-6)11-12-21(17)27/h7-14,27H,15-16H2,1-6H3,(H,26,28). The van der Waals surface area contributed by atoms with Gasteiger partial charge in [0.2, 0.25) is 0 Å². The Morgan fingerprint density at radius 1 is 1.07 bits per heavy atom. The largest absolute Gasteiger partial charge is 0.507 e. The number of ether oxygens (including phenoxy) is 2. The molecule has 0 fully saturated rings. The van der Waals surface area contributed by atoms with Gasteiger partial charge in [-0.25, -0.2) is 5.43 Å². The zero-order chi connectivity index (χ0) is 22.4. The second-order valence-electron chi connectivity index (χ2n) is 9.15. The molecule has 162 valence electrons. The van der Waals surface area contributed by atoms with Gasteiger partial charge in [-0.3, -0.25) is 4.79 Å². The van der Waals surface area contributed by atoms with E-state index >= 15 is 0 Å². The minimum absolute atomic E-state index is 0.0412. The number of rotatable bonds is 8. The van der Waals surface area contributed by atoms with Crippen LogP contribution in [0.3, 0.4) is 0 Å². The van der Waals surface area contributed by atoms with Crippen molar-refractivity contribution in [2.75, 3.05) is 13.7 Å². The monoisotopic (exact) mass is 412 g/mol. The predicted octanol–water partition coefficient (Wildman–Crippen LogP) is 4.64. The third-order valence-electron chi connectivity index (χ3n) is 4.61. The Balaban J connectivity index is 1.88. The molecule has 0 bridgehead atoms. The van der Waals surface area contributed by atoms with Crippen molar-refractivity contribution in [3.8, 4) is 17.2 Å². The molecule has 0 radical (unpaired) electrons. The number of nitrogens with zero attached hydrogens (tertiary/aromatic N) is 1. The van der Waals surface area contributed by atoms with Crippen LogP contribution >= 0.6 is 0 Å². The highest BCUT2D eigenvalue weighted by Gasteiger charge is 2.27. The lowest BCUT2D eigenvalue weighted by atomic mass is 9.72. The van der Waals surface area contributed by atoms with E-state index in [2.05, 4.69) is 45.1 Å². The number of phenols is 1. The quantitative estimate of drug-likeness (QED) is 0.489. The van der Waals surface area contributed by atoms with Gasteiger partial charge in [0.25, 0.3) is 5.91 Å². The number of hydrazone groups is 1. The fourth-order valence-electron chi connectivity index (χ4n) is 3.55. The van der Waals surface area contributed by atoms with Crippen molar-refractivity contribution in [3.63, 3.8) is 0 Å². The number of hydrogen-bond donors (Lipinski definition) is 2. The van der Waals surface area contributed by atoms with Gasteiger partial charge in [0.15, 0.2) is 6.61 Å². The maximum Gasteiger partial charge on any atom is 0.277 e. The summed E-state index contributed by atoms with van der Waals surface area (Å²) < 4.78 is 10.6. The number of carbonyl (C=O) groups excluding carboxylic acids is 1. The molecule has 0 spiro atoms. The van der Waals surface area contributed by atoms with Crippen molar-refractivity contribution < 1.29 is 19.4 Å². The molecule has 0 unspecified atom stereocenters. The summed E-state index contributed by atoms with van der Waals surface area (Å²) in [4.78, 5) is 12.0. The number of nitrogens with one attached hydrogen (secondary N) is 1. The zero-order valence-corrected chi connectivity index (χ0v) is 18.7. The summed E-state index contributed by atoms with van der Waals surface area (Å²) in [6.07, 6.45) is 2.41.